The van der Waals surface area contributed by atoms with E-state index in [1.807, 2.05) is 36.1 Å². The predicted molar refractivity (Wildman–Crippen MR) is 94.5 cm³/mol. The normalized spacial score (nSPS) is 18.0. The summed E-state index contributed by atoms with van der Waals surface area (Å²) in [6.07, 6.45) is 5.61. The highest BCUT2D eigenvalue weighted by molar-refractivity contribution is 5.78. The van der Waals surface area contributed by atoms with Gasteiger partial charge in [-0.2, -0.15) is 5.10 Å². The summed E-state index contributed by atoms with van der Waals surface area (Å²) in [4.78, 5) is 14.6. The Morgan fingerprint density at radius 2 is 2.21 bits per heavy atom. The van der Waals surface area contributed by atoms with Gasteiger partial charge in [-0.25, -0.2) is 0 Å². The van der Waals surface area contributed by atoms with Gasteiger partial charge in [0.05, 0.1) is 12.6 Å². The number of rotatable bonds is 6. The molecule has 1 saturated heterocycles. The summed E-state index contributed by atoms with van der Waals surface area (Å²) in [6, 6.07) is 8.07. The molecule has 1 amide bonds. The summed E-state index contributed by atoms with van der Waals surface area (Å²) in [5.41, 5.74) is 3.54. The molecule has 2 aromatic rings. The lowest BCUT2D eigenvalue weighted by Crippen LogP contribution is -2.32. The topological polar surface area (TPSA) is 50.2 Å². The van der Waals surface area contributed by atoms with Crippen molar-refractivity contribution in [2.24, 2.45) is 13.0 Å². The van der Waals surface area contributed by atoms with Crippen LogP contribution in [0.3, 0.4) is 0 Å². The Balaban J connectivity index is 1.41. The van der Waals surface area contributed by atoms with Crippen LogP contribution in [0.25, 0.3) is 0 Å². The monoisotopic (exact) mass is 326 g/mol. The molecule has 0 radical (unpaired) electrons. The van der Waals surface area contributed by atoms with Gasteiger partial charge < -0.3 is 5.32 Å². The van der Waals surface area contributed by atoms with Crippen LogP contribution in [0.4, 0.5) is 0 Å². The number of nitrogens with one attached hydrogen (secondary N) is 1. The second kappa shape index (κ2) is 7.62. The maximum atomic E-state index is 12.2. The SMILES string of the molecule is Cc1ccccc1CC(=O)NC[C@@H]1CCN(Cc2cnn(C)c2)C1. The van der Waals surface area contributed by atoms with Gasteiger partial charge in [-0.1, -0.05) is 24.3 Å². The van der Waals surface area contributed by atoms with Crippen LogP contribution in [0, 0.1) is 12.8 Å². The quantitative estimate of drug-likeness (QED) is 0.882. The fourth-order valence-corrected chi connectivity index (χ4v) is 3.34. The summed E-state index contributed by atoms with van der Waals surface area (Å²) < 4.78 is 1.84. The summed E-state index contributed by atoms with van der Waals surface area (Å²) in [6.45, 7) is 5.90. The van der Waals surface area contributed by atoms with Gasteiger partial charge in [0.25, 0.3) is 0 Å². The lowest BCUT2D eigenvalue weighted by Gasteiger charge is -2.15. The highest BCUT2D eigenvalue weighted by atomic mass is 16.1. The molecule has 1 N–H and O–H groups in total. The highest BCUT2D eigenvalue weighted by Gasteiger charge is 2.23. The van der Waals surface area contributed by atoms with Crippen molar-refractivity contribution in [3.63, 3.8) is 0 Å². The fourth-order valence-electron chi connectivity index (χ4n) is 3.34. The van der Waals surface area contributed by atoms with E-state index in [1.54, 1.807) is 0 Å². The van der Waals surface area contributed by atoms with Crippen molar-refractivity contribution in [1.82, 2.24) is 20.0 Å². The van der Waals surface area contributed by atoms with Crippen molar-refractivity contribution >= 4 is 5.91 Å². The average molecular weight is 326 g/mol. The predicted octanol–water partition coefficient (Wildman–Crippen LogP) is 1.91. The molecule has 2 heterocycles. The Kier molecular flexibility index (Phi) is 5.30. The molecule has 0 bridgehead atoms. The Morgan fingerprint density at radius 3 is 2.96 bits per heavy atom. The van der Waals surface area contributed by atoms with Crippen LogP contribution in [-0.2, 0) is 24.8 Å². The highest BCUT2D eigenvalue weighted by Crippen LogP contribution is 2.18. The Hall–Kier alpha value is -2.14. The number of nitrogens with zero attached hydrogens (tertiary/aromatic N) is 3. The lowest BCUT2D eigenvalue weighted by atomic mass is 10.1. The number of hydrogen-bond acceptors (Lipinski definition) is 3. The number of likely N-dealkylation sites (tertiary alicyclic amines) is 1. The number of aromatic nitrogens is 2. The zero-order chi connectivity index (χ0) is 16.9. The first-order valence-electron chi connectivity index (χ1n) is 8.61. The van der Waals surface area contributed by atoms with E-state index in [9.17, 15) is 4.79 Å². The van der Waals surface area contributed by atoms with Crippen molar-refractivity contribution in [3.05, 3.63) is 53.3 Å². The second-order valence-electron chi connectivity index (χ2n) is 6.82. The number of carbonyl (C=O) groups is 1. The Morgan fingerprint density at radius 1 is 1.38 bits per heavy atom. The third kappa shape index (κ3) is 4.45. The molecule has 1 aliphatic rings. The van der Waals surface area contributed by atoms with Crippen LogP contribution in [0.2, 0.25) is 0 Å². The van der Waals surface area contributed by atoms with Crippen molar-refractivity contribution < 1.29 is 4.79 Å². The van der Waals surface area contributed by atoms with Crippen molar-refractivity contribution in [1.29, 1.82) is 0 Å². The fraction of sp³-hybridized carbons (Fsp3) is 0.474. The third-order valence-corrected chi connectivity index (χ3v) is 4.73. The largest absolute Gasteiger partial charge is 0.355 e. The maximum absolute atomic E-state index is 12.2. The molecule has 5 heteroatoms. The van der Waals surface area contributed by atoms with E-state index < -0.39 is 0 Å². The van der Waals surface area contributed by atoms with E-state index in [4.69, 9.17) is 0 Å². The van der Waals surface area contributed by atoms with Crippen LogP contribution in [0.1, 0.15) is 23.1 Å². The number of aryl methyl sites for hydroxylation is 2. The molecular weight excluding hydrogens is 300 g/mol. The van der Waals surface area contributed by atoms with Crippen molar-refractivity contribution in [2.45, 2.75) is 26.3 Å². The molecule has 5 nitrogen and oxygen atoms in total. The van der Waals surface area contributed by atoms with E-state index in [0.29, 0.717) is 12.3 Å². The molecule has 1 fully saturated rings. The molecule has 0 saturated carbocycles. The molecule has 0 spiro atoms. The number of carbonyl (C=O) groups excluding carboxylic acids is 1. The van der Waals surface area contributed by atoms with Gasteiger partial charge in [-0.15, -0.1) is 0 Å². The molecular formula is C19H26N4O. The first kappa shape index (κ1) is 16.7. The summed E-state index contributed by atoms with van der Waals surface area (Å²) >= 11 is 0. The van der Waals surface area contributed by atoms with Crippen LogP contribution < -0.4 is 5.32 Å². The number of benzene rings is 1. The van der Waals surface area contributed by atoms with Gasteiger partial charge in [0.2, 0.25) is 5.91 Å². The van der Waals surface area contributed by atoms with Crippen molar-refractivity contribution in [2.75, 3.05) is 19.6 Å². The number of hydrogen-bond donors (Lipinski definition) is 1. The molecule has 128 valence electrons. The molecule has 1 aromatic carbocycles. The van der Waals surface area contributed by atoms with Crippen LogP contribution in [0.5, 0.6) is 0 Å². The lowest BCUT2D eigenvalue weighted by molar-refractivity contribution is -0.120. The third-order valence-electron chi connectivity index (χ3n) is 4.73. The smallest absolute Gasteiger partial charge is 0.224 e. The van der Waals surface area contributed by atoms with Crippen LogP contribution in [-0.4, -0.2) is 40.2 Å². The van der Waals surface area contributed by atoms with Gasteiger partial charge >= 0.3 is 0 Å². The van der Waals surface area contributed by atoms with Gasteiger partial charge in [0, 0.05) is 38.4 Å². The minimum atomic E-state index is 0.120. The Bertz CT molecular complexity index is 694. The second-order valence-corrected chi connectivity index (χ2v) is 6.82. The zero-order valence-electron chi connectivity index (χ0n) is 14.5. The van der Waals surface area contributed by atoms with E-state index >= 15 is 0 Å². The molecule has 0 aliphatic carbocycles. The Labute approximate surface area is 143 Å². The minimum Gasteiger partial charge on any atom is -0.355 e. The van der Waals surface area contributed by atoms with E-state index in [1.165, 1.54) is 11.1 Å². The molecule has 1 aromatic heterocycles. The molecule has 24 heavy (non-hydrogen) atoms. The average Bonchev–Trinajstić information content (AvgIpc) is 3.17. The van der Waals surface area contributed by atoms with Gasteiger partial charge in [0.1, 0.15) is 0 Å². The van der Waals surface area contributed by atoms with Crippen LogP contribution >= 0.6 is 0 Å². The molecule has 1 atom stereocenters. The summed E-state index contributed by atoms with van der Waals surface area (Å²) in [5.74, 6) is 0.664. The molecule has 1 aliphatic heterocycles. The van der Waals surface area contributed by atoms with Gasteiger partial charge in [-0.05, 0) is 36.9 Å². The zero-order valence-corrected chi connectivity index (χ0v) is 14.5. The van der Waals surface area contributed by atoms with E-state index in [2.05, 4.69) is 34.5 Å². The van der Waals surface area contributed by atoms with E-state index in [0.717, 1.165) is 38.2 Å². The maximum Gasteiger partial charge on any atom is 0.224 e. The summed E-state index contributed by atoms with van der Waals surface area (Å²) in [7, 11) is 1.94. The first-order valence-corrected chi connectivity index (χ1v) is 8.61. The number of amides is 1. The standard InChI is InChI=1S/C19H26N4O/c1-15-5-3-4-6-18(15)9-19(24)20-10-16-7-8-23(13-16)14-17-11-21-22(2)12-17/h3-6,11-12,16H,7-10,13-14H2,1-2H3,(H,20,24)/t16-/m0/s1. The first-order chi connectivity index (χ1) is 11.6. The van der Waals surface area contributed by atoms with Gasteiger partial charge in [-0.3, -0.25) is 14.4 Å². The molecule has 0 unspecified atom stereocenters. The summed E-state index contributed by atoms with van der Waals surface area (Å²) in [5, 5.41) is 7.32. The minimum absolute atomic E-state index is 0.120. The molecule has 3 rings (SSSR count). The van der Waals surface area contributed by atoms with Crippen molar-refractivity contribution in [3.8, 4) is 0 Å². The van der Waals surface area contributed by atoms with Crippen LogP contribution in [0.15, 0.2) is 36.7 Å². The van der Waals surface area contributed by atoms with E-state index in [-0.39, 0.29) is 5.91 Å². The van der Waals surface area contributed by atoms with Gasteiger partial charge in [0.15, 0.2) is 0 Å².